The number of carbonyl (C=O) groups is 3. The van der Waals surface area contributed by atoms with Crippen LogP contribution in [0.25, 0.3) is 0 Å². The zero-order valence-electron chi connectivity index (χ0n) is 10.8. The van der Waals surface area contributed by atoms with Crippen molar-refractivity contribution in [2.45, 2.75) is 31.7 Å². The molecule has 0 saturated carbocycles. The number of nitrogens with one attached hydrogen (secondary N) is 1. The first-order valence-corrected chi connectivity index (χ1v) is 6.62. The largest absolute Gasteiger partial charge is 0.396 e. The van der Waals surface area contributed by atoms with Crippen LogP contribution >= 0.6 is 0 Å². The van der Waals surface area contributed by atoms with Gasteiger partial charge in [-0.2, -0.15) is 0 Å². The third-order valence-corrected chi connectivity index (χ3v) is 3.64. The second-order valence-electron chi connectivity index (χ2n) is 4.89. The van der Waals surface area contributed by atoms with Crippen molar-refractivity contribution >= 4 is 17.8 Å². The maximum absolute atomic E-state index is 12.2. The summed E-state index contributed by atoms with van der Waals surface area (Å²) in [5, 5.41) is 11.4. The molecule has 106 valence electrons. The summed E-state index contributed by atoms with van der Waals surface area (Å²) in [5.41, 5.74) is 0. The van der Waals surface area contributed by atoms with Crippen LogP contribution < -0.4 is 5.32 Å². The van der Waals surface area contributed by atoms with E-state index >= 15 is 0 Å². The fraction of sp³-hybridized carbons (Fsp3) is 0.750. The van der Waals surface area contributed by atoms with Gasteiger partial charge < -0.3 is 15.3 Å². The van der Waals surface area contributed by atoms with Crippen molar-refractivity contribution in [2.24, 2.45) is 0 Å². The van der Waals surface area contributed by atoms with Gasteiger partial charge in [0.1, 0.15) is 6.54 Å². The number of urea groups is 1. The highest BCUT2D eigenvalue weighted by molar-refractivity contribution is 6.04. The number of nitrogens with zero attached hydrogens (tertiary/aromatic N) is 2. The van der Waals surface area contributed by atoms with E-state index in [4.69, 9.17) is 5.11 Å². The summed E-state index contributed by atoms with van der Waals surface area (Å²) in [7, 11) is 0. The second kappa shape index (κ2) is 6.01. The SMILES string of the molecule is O=C1CNC(=O)N1CC(=O)N1CCCCC1CCO. The first kappa shape index (κ1) is 13.8. The number of rotatable bonds is 4. The molecule has 2 fully saturated rings. The Bertz CT molecular complexity index is 367. The Kier molecular flexibility index (Phi) is 4.36. The van der Waals surface area contributed by atoms with E-state index in [0.29, 0.717) is 13.0 Å². The van der Waals surface area contributed by atoms with Crippen molar-refractivity contribution in [1.82, 2.24) is 15.1 Å². The highest BCUT2D eigenvalue weighted by Gasteiger charge is 2.33. The third-order valence-electron chi connectivity index (χ3n) is 3.64. The van der Waals surface area contributed by atoms with Crippen molar-refractivity contribution in [3.05, 3.63) is 0 Å². The molecule has 0 aromatic rings. The van der Waals surface area contributed by atoms with E-state index in [0.717, 1.165) is 24.2 Å². The molecule has 0 aromatic heterocycles. The van der Waals surface area contributed by atoms with Crippen molar-refractivity contribution < 1.29 is 19.5 Å². The zero-order valence-corrected chi connectivity index (χ0v) is 10.8. The van der Waals surface area contributed by atoms with Crippen molar-refractivity contribution in [1.29, 1.82) is 0 Å². The lowest BCUT2D eigenvalue weighted by molar-refractivity contribution is -0.139. The number of aliphatic hydroxyl groups excluding tert-OH is 1. The lowest BCUT2D eigenvalue weighted by atomic mass is 9.99. The molecular weight excluding hydrogens is 250 g/mol. The molecule has 2 N–H and O–H groups in total. The quantitative estimate of drug-likeness (QED) is 0.660. The number of carbonyl (C=O) groups excluding carboxylic acids is 3. The Balaban J connectivity index is 1.97. The van der Waals surface area contributed by atoms with Gasteiger partial charge in [-0.25, -0.2) is 4.79 Å². The Morgan fingerprint density at radius 3 is 2.79 bits per heavy atom. The zero-order chi connectivity index (χ0) is 13.8. The van der Waals surface area contributed by atoms with Crippen LogP contribution in [-0.2, 0) is 9.59 Å². The molecular formula is C12H19N3O4. The number of piperidine rings is 1. The first-order chi connectivity index (χ1) is 9.13. The van der Waals surface area contributed by atoms with Gasteiger partial charge in [0, 0.05) is 19.2 Å². The molecule has 0 radical (unpaired) electrons. The van der Waals surface area contributed by atoms with Crippen LogP contribution in [0.15, 0.2) is 0 Å². The predicted octanol–water partition coefficient (Wildman–Crippen LogP) is -0.698. The van der Waals surface area contributed by atoms with E-state index in [1.807, 2.05) is 0 Å². The molecule has 1 atom stereocenters. The summed E-state index contributed by atoms with van der Waals surface area (Å²) in [6.45, 7) is 0.434. The van der Waals surface area contributed by atoms with Crippen LogP contribution in [-0.4, -0.2) is 65.0 Å². The smallest absolute Gasteiger partial charge is 0.325 e. The maximum Gasteiger partial charge on any atom is 0.325 e. The number of hydrogen-bond acceptors (Lipinski definition) is 4. The van der Waals surface area contributed by atoms with Gasteiger partial charge in [0.15, 0.2) is 0 Å². The molecule has 2 heterocycles. The van der Waals surface area contributed by atoms with Gasteiger partial charge in [0.05, 0.1) is 6.54 Å². The monoisotopic (exact) mass is 269 g/mol. The van der Waals surface area contributed by atoms with Crippen molar-refractivity contribution in [3.8, 4) is 0 Å². The van der Waals surface area contributed by atoms with Gasteiger partial charge in [-0.3, -0.25) is 14.5 Å². The highest BCUT2D eigenvalue weighted by atomic mass is 16.3. The minimum absolute atomic E-state index is 0.0204. The molecule has 2 rings (SSSR count). The van der Waals surface area contributed by atoms with Crippen molar-refractivity contribution in [2.75, 3.05) is 26.2 Å². The van der Waals surface area contributed by atoms with Gasteiger partial charge >= 0.3 is 6.03 Å². The summed E-state index contributed by atoms with van der Waals surface area (Å²) in [6, 6.07) is -0.485. The van der Waals surface area contributed by atoms with Gasteiger partial charge in [0.2, 0.25) is 5.91 Å². The number of amides is 4. The molecule has 0 spiro atoms. The van der Waals surface area contributed by atoms with Gasteiger partial charge in [0.25, 0.3) is 5.91 Å². The van der Waals surface area contributed by atoms with E-state index in [1.54, 1.807) is 4.90 Å². The topological polar surface area (TPSA) is 90.0 Å². The lowest BCUT2D eigenvalue weighted by Crippen LogP contribution is -2.49. The number of hydrogen-bond donors (Lipinski definition) is 2. The van der Waals surface area contributed by atoms with Crippen LogP contribution in [0.4, 0.5) is 4.79 Å². The van der Waals surface area contributed by atoms with E-state index in [9.17, 15) is 14.4 Å². The van der Waals surface area contributed by atoms with Crippen LogP contribution in [0, 0.1) is 0 Å². The maximum atomic E-state index is 12.2. The molecule has 1 unspecified atom stereocenters. The minimum atomic E-state index is -0.505. The average molecular weight is 269 g/mol. The normalized spacial score (nSPS) is 23.7. The highest BCUT2D eigenvalue weighted by Crippen LogP contribution is 2.20. The van der Waals surface area contributed by atoms with Crippen LogP contribution in [0.2, 0.25) is 0 Å². The summed E-state index contributed by atoms with van der Waals surface area (Å²) in [5.74, 6) is -0.586. The average Bonchev–Trinajstić information content (AvgIpc) is 2.71. The number of imide groups is 1. The third kappa shape index (κ3) is 3.04. The fourth-order valence-corrected chi connectivity index (χ4v) is 2.62. The summed E-state index contributed by atoms with van der Waals surface area (Å²) in [4.78, 5) is 37.7. The second-order valence-corrected chi connectivity index (χ2v) is 4.89. The number of aliphatic hydroxyl groups is 1. The molecule has 0 aromatic carbocycles. The fourth-order valence-electron chi connectivity index (χ4n) is 2.62. The van der Waals surface area contributed by atoms with E-state index in [2.05, 4.69) is 5.32 Å². The lowest BCUT2D eigenvalue weighted by Gasteiger charge is -2.36. The van der Waals surface area contributed by atoms with Crippen LogP contribution in [0.3, 0.4) is 0 Å². The predicted molar refractivity (Wildman–Crippen MR) is 66.2 cm³/mol. The van der Waals surface area contributed by atoms with Crippen molar-refractivity contribution in [3.63, 3.8) is 0 Å². The molecule has 4 amide bonds. The Labute approximate surface area is 111 Å². The van der Waals surface area contributed by atoms with E-state index in [-0.39, 0.29) is 37.6 Å². The van der Waals surface area contributed by atoms with Gasteiger partial charge in [-0.15, -0.1) is 0 Å². The van der Waals surface area contributed by atoms with E-state index in [1.165, 1.54) is 0 Å². The molecule has 7 nitrogen and oxygen atoms in total. The Morgan fingerprint density at radius 2 is 2.16 bits per heavy atom. The standard InChI is InChI=1S/C12H19N3O4/c16-6-4-9-3-1-2-5-14(9)11(18)8-15-10(17)7-13-12(15)19/h9,16H,1-8H2,(H,13,19). The molecule has 2 aliphatic heterocycles. The molecule has 0 aliphatic carbocycles. The van der Waals surface area contributed by atoms with Crippen LogP contribution in [0.5, 0.6) is 0 Å². The molecule has 2 aliphatic rings. The summed E-state index contributed by atoms with van der Waals surface area (Å²) < 4.78 is 0. The molecule has 2 saturated heterocycles. The molecule has 7 heteroatoms. The molecule has 19 heavy (non-hydrogen) atoms. The van der Waals surface area contributed by atoms with Crippen LogP contribution in [0.1, 0.15) is 25.7 Å². The summed E-state index contributed by atoms with van der Waals surface area (Å²) >= 11 is 0. The minimum Gasteiger partial charge on any atom is -0.396 e. The number of likely N-dealkylation sites (tertiary alicyclic amines) is 1. The first-order valence-electron chi connectivity index (χ1n) is 6.62. The van der Waals surface area contributed by atoms with Gasteiger partial charge in [-0.05, 0) is 25.7 Å². The summed E-state index contributed by atoms with van der Waals surface area (Å²) in [6.07, 6.45) is 3.38. The van der Waals surface area contributed by atoms with E-state index < -0.39 is 6.03 Å². The molecule has 0 bridgehead atoms. The van der Waals surface area contributed by atoms with Gasteiger partial charge in [-0.1, -0.05) is 0 Å². The Morgan fingerprint density at radius 1 is 1.37 bits per heavy atom. The Hall–Kier alpha value is -1.63.